The summed E-state index contributed by atoms with van der Waals surface area (Å²) in [5.41, 5.74) is 1.62. The van der Waals surface area contributed by atoms with Crippen molar-refractivity contribution in [1.29, 1.82) is 0 Å². The van der Waals surface area contributed by atoms with E-state index in [1.165, 1.54) is 6.07 Å². The van der Waals surface area contributed by atoms with E-state index in [1.54, 1.807) is 0 Å². The van der Waals surface area contributed by atoms with Crippen LogP contribution in [0.3, 0.4) is 0 Å². The van der Waals surface area contributed by atoms with E-state index in [0.29, 0.717) is 5.69 Å². The highest BCUT2D eigenvalue weighted by atomic mass is 32.2. The first-order chi connectivity index (χ1) is 7.07. The van der Waals surface area contributed by atoms with E-state index in [0.717, 1.165) is 11.8 Å². The molecule has 2 aromatic rings. The Morgan fingerprint density at radius 2 is 1.87 bits per heavy atom. The molecule has 0 amide bonds. The van der Waals surface area contributed by atoms with Crippen molar-refractivity contribution in [2.45, 2.75) is 5.03 Å². The molecule has 5 heteroatoms. The lowest BCUT2D eigenvalue weighted by Gasteiger charge is -1.93. The maximum absolute atomic E-state index is 11.2. The molecule has 1 heterocycles. The molecule has 1 aromatic heterocycles. The van der Waals surface area contributed by atoms with Crippen LogP contribution in [-0.4, -0.2) is 24.9 Å². The molecule has 0 saturated heterocycles. The molecule has 0 aliphatic heterocycles. The summed E-state index contributed by atoms with van der Waals surface area (Å²) in [4.78, 5) is 0. The zero-order chi connectivity index (χ0) is 10.9. The van der Waals surface area contributed by atoms with Crippen molar-refractivity contribution >= 4 is 9.84 Å². The largest absolute Gasteiger partial charge is 0.277 e. The highest BCUT2D eigenvalue weighted by Gasteiger charge is 2.12. The van der Waals surface area contributed by atoms with Gasteiger partial charge in [0.15, 0.2) is 14.9 Å². The Balaban J connectivity index is 2.46. The van der Waals surface area contributed by atoms with Gasteiger partial charge in [0.05, 0.1) is 5.69 Å². The number of rotatable bonds is 2. The summed E-state index contributed by atoms with van der Waals surface area (Å²) < 4.78 is 22.4. The quantitative estimate of drug-likeness (QED) is 0.837. The molecule has 0 radical (unpaired) electrons. The third kappa shape index (κ3) is 2.07. The normalized spacial score (nSPS) is 11.5. The lowest BCUT2D eigenvalue weighted by molar-refractivity contribution is 0.598. The minimum absolute atomic E-state index is 0.0707. The highest BCUT2D eigenvalue weighted by molar-refractivity contribution is 7.90. The number of nitrogens with zero attached hydrogens (tertiary/aromatic N) is 1. The van der Waals surface area contributed by atoms with Crippen molar-refractivity contribution < 1.29 is 8.42 Å². The molecule has 2 rings (SSSR count). The second kappa shape index (κ2) is 3.51. The molecule has 1 aromatic carbocycles. The van der Waals surface area contributed by atoms with E-state index in [-0.39, 0.29) is 5.03 Å². The first-order valence-corrected chi connectivity index (χ1v) is 6.27. The number of benzene rings is 1. The van der Waals surface area contributed by atoms with Crippen molar-refractivity contribution in [3.05, 3.63) is 36.4 Å². The SMILES string of the molecule is CS(=O)(=O)c1cc(-c2ccccc2)[nH]n1. The molecule has 78 valence electrons. The molecule has 0 atom stereocenters. The minimum atomic E-state index is -3.23. The van der Waals surface area contributed by atoms with E-state index in [4.69, 9.17) is 0 Å². The molecule has 0 aliphatic rings. The zero-order valence-corrected chi connectivity index (χ0v) is 8.95. The maximum atomic E-state index is 11.2. The number of aromatic nitrogens is 2. The van der Waals surface area contributed by atoms with Crippen LogP contribution in [0.1, 0.15) is 0 Å². The van der Waals surface area contributed by atoms with Crippen LogP contribution in [0.4, 0.5) is 0 Å². The number of hydrogen-bond donors (Lipinski definition) is 1. The summed E-state index contributed by atoms with van der Waals surface area (Å²) in [6, 6.07) is 11.0. The Labute approximate surface area is 87.9 Å². The van der Waals surface area contributed by atoms with Crippen molar-refractivity contribution in [2.24, 2.45) is 0 Å². The molecule has 1 N–H and O–H groups in total. The van der Waals surface area contributed by atoms with Crippen LogP contribution < -0.4 is 0 Å². The topological polar surface area (TPSA) is 62.8 Å². The van der Waals surface area contributed by atoms with Gasteiger partial charge >= 0.3 is 0 Å². The first kappa shape index (κ1) is 9.92. The van der Waals surface area contributed by atoms with Gasteiger partial charge in [-0.2, -0.15) is 5.10 Å². The van der Waals surface area contributed by atoms with Crippen LogP contribution in [-0.2, 0) is 9.84 Å². The smallest absolute Gasteiger partial charge is 0.194 e. The Bertz CT molecular complexity index is 558. The Morgan fingerprint density at radius 1 is 1.20 bits per heavy atom. The summed E-state index contributed by atoms with van der Waals surface area (Å²) in [5.74, 6) is 0. The Kier molecular flexibility index (Phi) is 2.32. The molecule has 15 heavy (non-hydrogen) atoms. The fraction of sp³-hybridized carbons (Fsp3) is 0.100. The van der Waals surface area contributed by atoms with Crippen LogP contribution in [0.2, 0.25) is 0 Å². The van der Waals surface area contributed by atoms with Crippen LogP contribution in [0.15, 0.2) is 41.4 Å². The molecule has 0 spiro atoms. The molecule has 4 nitrogen and oxygen atoms in total. The van der Waals surface area contributed by atoms with E-state index in [2.05, 4.69) is 10.2 Å². The summed E-state index contributed by atoms with van der Waals surface area (Å²) in [7, 11) is -3.23. The molecular weight excluding hydrogens is 212 g/mol. The van der Waals surface area contributed by atoms with Gasteiger partial charge < -0.3 is 0 Å². The van der Waals surface area contributed by atoms with Crippen molar-refractivity contribution in [2.75, 3.05) is 6.26 Å². The number of H-pyrrole nitrogens is 1. The predicted octanol–water partition coefficient (Wildman–Crippen LogP) is 1.48. The van der Waals surface area contributed by atoms with Crippen molar-refractivity contribution in [3.63, 3.8) is 0 Å². The third-order valence-electron chi connectivity index (χ3n) is 2.02. The molecule has 0 unspecified atom stereocenters. The fourth-order valence-corrected chi connectivity index (χ4v) is 1.80. The Hall–Kier alpha value is -1.62. The van der Waals surface area contributed by atoms with Gasteiger partial charge in [-0.05, 0) is 5.56 Å². The number of nitrogens with one attached hydrogen (secondary N) is 1. The van der Waals surface area contributed by atoms with Gasteiger partial charge in [-0.1, -0.05) is 30.3 Å². The number of hydrogen-bond acceptors (Lipinski definition) is 3. The second-order valence-electron chi connectivity index (χ2n) is 3.26. The molecule has 0 fully saturated rings. The fourth-order valence-electron chi connectivity index (χ4n) is 1.26. The van der Waals surface area contributed by atoms with Gasteiger partial charge in [0.25, 0.3) is 0 Å². The number of aromatic amines is 1. The van der Waals surface area contributed by atoms with E-state index >= 15 is 0 Å². The molecule has 0 aliphatic carbocycles. The summed E-state index contributed by atoms with van der Waals surface area (Å²) in [5, 5.41) is 6.52. The predicted molar refractivity (Wildman–Crippen MR) is 57.1 cm³/mol. The summed E-state index contributed by atoms with van der Waals surface area (Å²) >= 11 is 0. The molecular formula is C10H10N2O2S. The van der Waals surface area contributed by atoms with Gasteiger partial charge in [0.2, 0.25) is 0 Å². The first-order valence-electron chi connectivity index (χ1n) is 4.38. The zero-order valence-electron chi connectivity index (χ0n) is 8.14. The van der Waals surface area contributed by atoms with Crippen molar-refractivity contribution in [3.8, 4) is 11.3 Å². The van der Waals surface area contributed by atoms with Gasteiger partial charge in [0, 0.05) is 12.3 Å². The lowest BCUT2D eigenvalue weighted by atomic mass is 10.2. The minimum Gasteiger partial charge on any atom is -0.277 e. The Morgan fingerprint density at radius 3 is 2.40 bits per heavy atom. The van der Waals surface area contributed by atoms with Crippen LogP contribution in [0, 0.1) is 0 Å². The summed E-state index contributed by atoms with van der Waals surface area (Å²) in [6.07, 6.45) is 1.14. The van der Waals surface area contributed by atoms with Crippen LogP contribution in [0.5, 0.6) is 0 Å². The number of sulfone groups is 1. The van der Waals surface area contributed by atoms with Gasteiger partial charge in [-0.3, -0.25) is 5.10 Å². The van der Waals surface area contributed by atoms with E-state index in [1.807, 2.05) is 30.3 Å². The maximum Gasteiger partial charge on any atom is 0.194 e. The average Bonchev–Trinajstić information content (AvgIpc) is 2.67. The average molecular weight is 222 g/mol. The highest BCUT2D eigenvalue weighted by Crippen LogP contribution is 2.18. The molecule has 0 bridgehead atoms. The van der Waals surface area contributed by atoms with Crippen molar-refractivity contribution in [1.82, 2.24) is 10.2 Å². The van der Waals surface area contributed by atoms with Crippen LogP contribution in [0.25, 0.3) is 11.3 Å². The summed E-state index contributed by atoms with van der Waals surface area (Å²) in [6.45, 7) is 0. The monoisotopic (exact) mass is 222 g/mol. The lowest BCUT2D eigenvalue weighted by Crippen LogP contribution is -1.96. The van der Waals surface area contributed by atoms with E-state index < -0.39 is 9.84 Å². The third-order valence-corrected chi connectivity index (χ3v) is 2.99. The van der Waals surface area contributed by atoms with E-state index in [9.17, 15) is 8.42 Å². The van der Waals surface area contributed by atoms with Crippen LogP contribution >= 0.6 is 0 Å². The van der Waals surface area contributed by atoms with Gasteiger partial charge in [-0.15, -0.1) is 0 Å². The second-order valence-corrected chi connectivity index (χ2v) is 5.22. The van der Waals surface area contributed by atoms with Gasteiger partial charge in [0.1, 0.15) is 0 Å². The standard InChI is InChI=1S/C10H10N2O2S/c1-15(13,14)10-7-9(11-12-10)8-5-3-2-4-6-8/h2-7H,1H3,(H,11,12). The van der Waals surface area contributed by atoms with Gasteiger partial charge in [-0.25, -0.2) is 8.42 Å². The molecule has 0 saturated carbocycles.